The molecule has 0 saturated carbocycles. The molecule has 0 radical (unpaired) electrons. The summed E-state index contributed by atoms with van der Waals surface area (Å²) in [6, 6.07) is 0.204. The Labute approximate surface area is 112 Å². The van der Waals surface area contributed by atoms with E-state index in [0.29, 0.717) is 19.8 Å². The maximum Gasteiger partial charge on any atom is 0.332 e. The second-order valence-electron chi connectivity index (χ2n) is 3.86. The zero-order valence-electron chi connectivity index (χ0n) is 11.1. The van der Waals surface area contributed by atoms with Gasteiger partial charge in [0, 0.05) is 17.6 Å². The summed E-state index contributed by atoms with van der Waals surface area (Å²) in [7, 11) is 0. The smallest absolute Gasteiger partial charge is 0.332 e. The van der Waals surface area contributed by atoms with E-state index in [1.165, 1.54) is 0 Å². The van der Waals surface area contributed by atoms with E-state index in [0.717, 1.165) is 10.7 Å². The summed E-state index contributed by atoms with van der Waals surface area (Å²) in [5, 5.41) is 6.39. The summed E-state index contributed by atoms with van der Waals surface area (Å²) in [4.78, 5) is 15.4. The molecule has 102 valence electrons. The number of rotatable bonds is 8. The van der Waals surface area contributed by atoms with E-state index in [2.05, 4.69) is 17.2 Å². The highest BCUT2D eigenvalue weighted by molar-refractivity contribution is 7.09. The first kappa shape index (κ1) is 15.1. The Morgan fingerprint density at radius 2 is 2.39 bits per heavy atom. The number of carbonyl (C=O) groups is 1. The molecular weight excluding hydrogens is 252 g/mol. The number of nitrogens with one attached hydrogen (secondary N) is 1. The van der Waals surface area contributed by atoms with Gasteiger partial charge in [0.2, 0.25) is 0 Å². The van der Waals surface area contributed by atoms with Gasteiger partial charge in [0.1, 0.15) is 11.6 Å². The molecule has 0 spiro atoms. The minimum Gasteiger partial charge on any atom is -0.464 e. The number of aromatic nitrogens is 1. The van der Waals surface area contributed by atoms with E-state index in [1.54, 1.807) is 18.3 Å². The van der Waals surface area contributed by atoms with Crippen LogP contribution in [0.25, 0.3) is 0 Å². The van der Waals surface area contributed by atoms with Crippen LogP contribution in [0.3, 0.4) is 0 Å². The van der Waals surface area contributed by atoms with Crippen molar-refractivity contribution in [1.29, 1.82) is 0 Å². The van der Waals surface area contributed by atoms with E-state index >= 15 is 0 Å². The maximum absolute atomic E-state index is 11.0. The van der Waals surface area contributed by atoms with Crippen LogP contribution in [0.5, 0.6) is 0 Å². The van der Waals surface area contributed by atoms with Crippen molar-refractivity contribution in [2.75, 3.05) is 26.4 Å². The van der Waals surface area contributed by atoms with Crippen molar-refractivity contribution in [1.82, 2.24) is 10.3 Å². The van der Waals surface area contributed by atoms with Gasteiger partial charge in [-0.05, 0) is 20.8 Å². The first-order valence-corrected chi connectivity index (χ1v) is 6.90. The number of nitrogens with zero attached hydrogens (tertiary/aromatic N) is 1. The molecule has 1 aromatic heterocycles. The molecule has 0 saturated heterocycles. The summed E-state index contributed by atoms with van der Waals surface area (Å²) >= 11 is 1.64. The zero-order chi connectivity index (χ0) is 13.4. The third-order valence-electron chi connectivity index (χ3n) is 2.23. The summed E-state index contributed by atoms with van der Waals surface area (Å²) in [6.07, 6.45) is 0. The molecule has 0 aliphatic heterocycles. The molecular formula is C12H20N2O3S. The van der Waals surface area contributed by atoms with Crippen molar-refractivity contribution < 1.29 is 14.3 Å². The van der Waals surface area contributed by atoms with E-state index in [-0.39, 0.29) is 18.6 Å². The number of hydrogen-bond acceptors (Lipinski definition) is 6. The lowest BCUT2D eigenvalue weighted by atomic mass is 10.3. The lowest BCUT2D eigenvalue weighted by molar-refractivity contribution is -0.148. The molecule has 1 N–H and O–H groups in total. The van der Waals surface area contributed by atoms with Crippen molar-refractivity contribution in [2.24, 2.45) is 0 Å². The Morgan fingerprint density at radius 1 is 1.61 bits per heavy atom. The van der Waals surface area contributed by atoms with E-state index in [9.17, 15) is 4.79 Å². The summed E-state index contributed by atoms with van der Waals surface area (Å²) in [5.74, 6) is -0.318. The summed E-state index contributed by atoms with van der Waals surface area (Å²) < 4.78 is 9.93. The molecule has 0 fully saturated rings. The van der Waals surface area contributed by atoms with Crippen LogP contribution in [-0.2, 0) is 14.3 Å². The van der Waals surface area contributed by atoms with Crippen molar-refractivity contribution in [2.45, 2.75) is 26.8 Å². The van der Waals surface area contributed by atoms with Gasteiger partial charge in [-0.3, -0.25) is 0 Å². The molecule has 0 aromatic carbocycles. The normalized spacial score (nSPS) is 12.4. The Bertz CT molecular complexity index is 368. The molecule has 1 atom stereocenters. The first-order chi connectivity index (χ1) is 8.63. The van der Waals surface area contributed by atoms with Gasteiger partial charge in [-0.1, -0.05) is 0 Å². The van der Waals surface area contributed by atoms with E-state index in [1.807, 2.05) is 12.3 Å². The van der Waals surface area contributed by atoms with Crippen molar-refractivity contribution >= 4 is 17.3 Å². The van der Waals surface area contributed by atoms with Gasteiger partial charge in [-0.15, -0.1) is 11.3 Å². The van der Waals surface area contributed by atoms with Crippen LogP contribution in [0.4, 0.5) is 0 Å². The van der Waals surface area contributed by atoms with Crippen molar-refractivity contribution in [3.63, 3.8) is 0 Å². The lowest BCUT2D eigenvalue weighted by Gasteiger charge is -2.11. The molecule has 0 bridgehead atoms. The van der Waals surface area contributed by atoms with Crippen LogP contribution in [-0.4, -0.2) is 37.3 Å². The molecule has 5 nitrogen and oxygen atoms in total. The van der Waals surface area contributed by atoms with Gasteiger partial charge >= 0.3 is 5.97 Å². The third kappa shape index (κ3) is 5.57. The van der Waals surface area contributed by atoms with Crippen LogP contribution in [0.15, 0.2) is 5.38 Å². The highest BCUT2D eigenvalue weighted by atomic mass is 32.1. The Morgan fingerprint density at radius 3 is 3.00 bits per heavy atom. The molecule has 6 heteroatoms. The number of aryl methyl sites for hydroxylation is 1. The number of ether oxygens (including phenoxy) is 2. The van der Waals surface area contributed by atoms with Gasteiger partial charge < -0.3 is 14.8 Å². The SMILES string of the molecule is CCOC(=O)COCCNC(C)c1nc(C)cs1. The minimum absolute atomic E-state index is 0.0141. The quantitative estimate of drug-likeness (QED) is 0.576. The molecule has 1 rings (SSSR count). The number of hydrogen-bond donors (Lipinski definition) is 1. The number of esters is 1. The molecule has 1 aromatic rings. The molecule has 1 heterocycles. The minimum atomic E-state index is -0.318. The predicted molar refractivity (Wildman–Crippen MR) is 70.7 cm³/mol. The van der Waals surface area contributed by atoms with E-state index < -0.39 is 0 Å². The fourth-order valence-electron chi connectivity index (χ4n) is 1.36. The van der Waals surface area contributed by atoms with Crippen molar-refractivity contribution in [3.05, 3.63) is 16.1 Å². The van der Waals surface area contributed by atoms with Crippen LogP contribution >= 0.6 is 11.3 Å². The second-order valence-corrected chi connectivity index (χ2v) is 4.75. The Kier molecular flexibility index (Phi) is 6.85. The zero-order valence-corrected chi connectivity index (χ0v) is 11.9. The van der Waals surface area contributed by atoms with Crippen LogP contribution in [0.2, 0.25) is 0 Å². The van der Waals surface area contributed by atoms with Gasteiger partial charge in [-0.25, -0.2) is 9.78 Å². The number of thiazole rings is 1. The summed E-state index contributed by atoms with van der Waals surface area (Å²) in [5.41, 5.74) is 1.04. The Balaban J connectivity index is 2.09. The highest BCUT2D eigenvalue weighted by Gasteiger charge is 2.08. The fraction of sp³-hybridized carbons (Fsp3) is 0.667. The van der Waals surface area contributed by atoms with Crippen LogP contribution in [0.1, 0.15) is 30.6 Å². The summed E-state index contributed by atoms with van der Waals surface area (Å²) in [6.45, 7) is 7.38. The predicted octanol–water partition coefficient (Wildman–Crippen LogP) is 1.68. The van der Waals surface area contributed by atoms with Gasteiger partial charge in [0.05, 0.1) is 19.3 Å². The standard InChI is InChI=1S/C12H20N2O3S/c1-4-17-11(15)7-16-6-5-13-10(3)12-14-9(2)8-18-12/h8,10,13H,4-7H2,1-3H3. The molecule has 18 heavy (non-hydrogen) atoms. The number of carbonyl (C=O) groups excluding carboxylic acids is 1. The lowest BCUT2D eigenvalue weighted by Crippen LogP contribution is -2.24. The average Bonchev–Trinajstić information content (AvgIpc) is 2.75. The molecule has 0 amide bonds. The highest BCUT2D eigenvalue weighted by Crippen LogP contribution is 2.16. The largest absolute Gasteiger partial charge is 0.464 e. The van der Waals surface area contributed by atoms with E-state index in [4.69, 9.17) is 9.47 Å². The second kappa shape index (κ2) is 8.18. The fourth-order valence-corrected chi connectivity index (χ4v) is 2.19. The molecule has 1 unspecified atom stereocenters. The molecule has 0 aliphatic carbocycles. The van der Waals surface area contributed by atoms with Gasteiger partial charge in [0.25, 0.3) is 0 Å². The topological polar surface area (TPSA) is 60.5 Å². The monoisotopic (exact) mass is 272 g/mol. The average molecular weight is 272 g/mol. The van der Waals surface area contributed by atoms with Crippen molar-refractivity contribution in [3.8, 4) is 0 Å². The van der Waals surface area contributed by atoms with Crippen LogP contribution < -0.4 is 5.32 Å². The van der Waals surface area contributed by atoms with Gasteiger partial charge in [-0.2, -0.15) is 0 Å². The van der Waals surface area contributed by atoms with Gasteiger partial charge in [0.15, 0.2) is 0 Å². The molecule has 0 aliphatic rings. The van der Waals surface area contributed by atoms with Crippen LogP contribution in [0, 0.1) is 6.92 Å². The Hall–Kier alpha value is -0.980. The third-order valence-corrected chi connectivity index (χ3v) is 3.37. The first-order valence-electron chi connectivity index (χ1n) is 6.02. The maximum atomic E-state index is 11.0.